The van der Waals surface area contributed by atoms with E-state index in [1.54, 1.807) is 6.07 Å². The number of anilines is 1. The second-order valence-corrected chi connectivity index (χ2v) is 8.12. The minimum atomic E-state index is -4.62. The molecule has 1 aromatic carbocycles. The lowest BCUT2D eigenvalue weighted by Gasteiger charge is -2.15. The summed E-state index contributed by atoms with van der Waals surface area (Å²) in [7, 11) is 0. The van der Waals surface area contributed by atoms with Gasteiger partial charge < -0.3 is 5.32 Å². The average molecular weight is 472 g/mol. The Morgan fingerprint density at radius 2 is 1.74 bits per heavy atom. The van der Waals surface area contributed by atoms with Gasteiger partial charge in [-0.3, -0.25) is 0 Å². The lowest BCUT2D eigenvalue weighted by atomic mass is 10.2. The summed E-state index contributed by atoms with van der Waals surface area (Å²) < 4.78 is 39.9. The zero-order valence-corrected chi connectivity index (χ0v) is 18.7. The molecule has 166 valence electrons. The Hall–Kier alpha value is -2.42. The number of nitrogens with zero attached hydrogens (tertiary/aromatic N) is 4. The van der Waals surface area contributed by atoms with Crippen molar-refractivity contribution in [1.29, 1.82) is 10.5 Å². The highest BCUT2D eigenvalue weighted by Gasteiger charge is 2.33. The lowest BCUT2D eigenvalue weighted by molar-refractivity contribution is -0.137. The molecule has 0 radical (unpaired) electrons. The first-order chi connectivity index (χ1) is 14.6. The molecule has 0 aliphatic heterocycles. The van der Waals surface area contributed by atoms with Crippen LogP contribution in [-0.2, 0) is 6.18 Å². The highest BCUT2D eigenvalue weighted by Crippen LogP contribution is 2.39. The third kappa shape index (κ3) is 6.53. The summed E-state index contributed by atoms with van der Waals surface area (Å²) in [6.45, 7) is 4.79. The number of nitrogens with one attached hydrogen (secondary N) is 1. The van der Waals surface area contributed by atoms with E-state index in [2.05, 4.69) is 17.3 Å². The Bertz CT molecular complexity index is 975. The summed E-state index contributed by atoms with van der Waals surface area (Å²) >= 11 is 12.1. The van der Waals surface area contributed by atoms with E-state index in [4.69, 9.17) is 23.2 Å². The zero-order chi connectivity index (χ0) is 23.2. The topological polar surface area (TPSA) is 77.4 Å². The molecular formula is C21H22Cl2F3N5. The van der Waals surface area contributed by atoms with Crippen molar-refractivity contribution in [3.05, 3.63) is 39.0 Å². The van der Waals surface area contributed by atoms with Crippen LogP contribution in [0.1, 0.15) is 62.8 Å². The first-order valence-corrected chi connectivity index (χ1v) is 10.6. The Kier molecular flexibility index (Phi) is 8.61. The van der Waals surface area contributed by atoms with E-state index in [1.165, 1.54) is 12.8 Å². The molecule has 0 saturated heterocycles. The van der Waals surface area contributed by atoms with Crippen molar-refractivity contribution in [2.24, 2.45) is 5.92 Å². The number of hydrogen-bond acceptors (Lipinski definition) is 4. The van der Waals surface area contributed by atoms with Gasteiger partial charge in [0.05, 0.1) is 15.6 Å². The van der Waals surface area contributed by atoms with Crippen molar-refractivity contribution < 1.29 is 13.2 Å². The van der Waals surface area contributed by atoms with E-state index in [1.807, 2.05) is 13.0 Å². The third-order valence-electron chi connectivity index (χ3n) is 4.60. The van der Waals surface area contributed by atoms with E-state index >= 15 is 0 Å². The Morgan fingerprint density at radius 3 is 2.16 bits per heavy atom. The summed E-state index contributed by atoms with van der Waals surface area (Å²) in [5.41, 5.74) is -1.25. The normalized spacial score (nSPS) is 13.1. The molecule has 1 N–H and O–H groups in total. The molecule has 31 heavy (non-hydrogen) atoms. The molecular weight excluding hydrogens is 450 g/mol. The average Bonchev–Trinajstić information content (AvgIpc) is 3.40. The largest absolute Gasteiger partial charge is 0.416 e. The van der Waals surface area contributed by atoms with Crippen molar-refractivity contribution in [2.75, 3.05) is 11.9 Å². The van der Waals surface area contributed by atoms with Gasteiger partial charge in [-0.2, -0.15) is 28.8 Å². The van der Waals surface area contributed by atoms with E-state index in [-0.39, 0.29) is 32.8 Å². The second kappa shape index (κ2) is 10.7. The van der Waals surface area contributed by atoms with Crippen LogP contribution in [-0.4, -0.2) is 16.3 Å². The van der Waals surface area contributed by atoms with Gasteiger partial charge in [-0.25, -0.2) is 4.68 Å². The third-order valence-corrected chi connectivity index (χ3v) is 5.17. The predicted molar refractivity (Wildman–Crippen MR) is 114 cm³/mol. The smallest absolute Gasteiger partial charge is 0.369 e. The maximum absolute atomic E-state index is 12.9. The van der Waals surface area contributed by atoms with Crippen molar-refractivity contribution in [3.63, 3.8) is 0 Å². The molecule has 10 heteroatoms. The molecule has 0 spiro atoms. The Morgan fingerprint density at radius 1 is 1.16 bits per heavy atom. The number of alkyl halides is 3. The molecule has 0 unspecified atom stereocenters. The highest BCUT2D eigenvalue weighted by atomic mass is 35.5. The first-order valence-electron chi connectivity index (χ1n) is 9.87. The van der Waals surface area contributed by atoms with Crippen molar-refractivity contribution in [2.45, 2.75) is 52.1 Å². The molecule has 0 bridgehead atoms. The highest BCUT2D eigenvalue weighted by molar-refractivity contribution is 6.38. The number of nitriles is 2. The molecule has 2 aromatic rings. The molecule has 1 aliphatic rings. The van der Waals surface area contributed by atoms with E-state index in [0.29, 0.717) is 6.54 Å². The molecule has 5 nitrogen and oxygen atoms in total. The number of benzene rings is 1. The minimum Gasteiger partial charge on any atom is -0.369 e. The quantitative estimate of drug-likeness (QED) is 0.461. The van der Waals surface area contributed by atoms with Crippen molar-refractivity contribution >= 4 is 29.0 Å². The number of aromatic nitrogens is 2. The number of unbranched alkanes of at least 4 members (excludes halogenated alkanes) is 2. The van der Waals surface area contributed by atoms with E-state index < -0.39 is 11.7 Å². The van der Waals surface area contributed by atoms with Gasteiger partial charge in [-0.15, -0.1) is 0 Å². The Balaban J connectivity index is 0.000000762. The molecule has 1 aromatic heterocycles. The summed E-state index contributed by atoms with van der Waals surface area (Å²) in [6, 6.07) is 5.13. The predicted octanol–water partition coefficient (Wildman–Crippen LogP) is 6.96. The van der Waals surface area contributed by atoms with Crippen LogP contribution < -0.4 is 5.32 Å². The fourth-order valence-corrected chi connectivity index (χ4v) is 3.25. The molecule has 1 heterocycles. The van der Waals surface area contributed by atoms with Gasteiger partial charge in [0.25, 0.3) is 0 Å². The van der Waals surface area contributed by atoms with Gasteiger partial charge in [-0.05, 0) is 24.5 Å². The van der Waals surface area contributed by atoms with Gasteiger partial charge in [0.15, 0.2) is 5.69 Å². The van der Waals surface area contributed by atoms with Crippen molar-refractivity contribution in [3.8, 4) is 17.8 Å². The number of hydrogen-bond donors (Lipinski definition) is 1. The molecule has 1 aliphatic carbocycles. The van der Waals surface area contributed by atoms with E-state index in [9.17, 15) is 23.7 Å². The van der Waals surface area contributed by atoms with Crippen LogP contribution in [0, 0.1) is 28.6 Å². The maximum Gasteiger partial charge on any atom is 0.416 e. The van der Waals surface area contributed by atoms with Crippen molar-refractivity contribution in [1.82, 2.24) is 9.78 Å². The van der Waals surface area contributed by atoms with Crippen LogP contribution in [0.3, 0.4) is 0 Å². The van der Waals surface area contributed by atoms with Gasteiger partial charge >= 0.3 is 6.18 Å². The van der Waals surface area contributed by atoms with Crippen LogP contribution in [0.4, 0.5) is 19.0 Å². The maximum atomic E-state index is 12.9. The van der Waals surface area contributed by atoms with Crippen LogP contribution in [0.2, 0.25) is 10.0 Å². The first kappa shape index (κ1) is 24.8. The molecule has 1 saturated carbocycles. The molecule has 0 amide bonds. The lowest BCUT2D eigenvalue weighted by Crippen LogP contribution is -2.11. The number of rotatable bonds is 6. The Labute approximate surface area is 189 Å². The van der Waals surface area contributed by atoms with E-state index in [0.717, 1.165) is 42.0 Å². The van der Waals surface area contributed by atoms with Gasteiger partial charge in [-0.1, -0.05) is 62.7 Å². The molecule has 0 atom stereocenters. The summed E-state index contributed by atoms with van der Waals surface area (Å²) in [6.07, 6.45) is 1.07. The molecule has 3 rings (SSSR count). The van der Waals surface area contributed by atoms with Crippen LogP contribution >= 0.6 is 23.2 Å². The van der Waals surface area contributed by atoms with Gasteiger partial charge in [0, 0.05) is 6.54 Å². The zero-order valence-electron chi connectivity index (χ0n) is 17.2. The van der Waals surface area contributed by atoms with Crippen LogP contribution in [0.5, 0.6) is 0 Å². The van der Waals surface area contributed by atoms with Crippen LogP contribution in [0.15, 0.2) is 12.1 Å². The minimum absolute atomic E-state index is 0.0268. The fraction of sp³-hybridized carbons (Fsp3) is 0.476. The van der Waals surface area contributed by atoms with Gasteiger partial charge in [0.1, 0.15) is 29.2 Å². The summed E-state index contributed by atoms with van der Waals surface area (Å²) in [4.78, 5) is 0. The number of halogens is 5. The monoisotopic (exact) mass is 471 g/mol. The SMILES string of the molecule is CC1CC1.CCCCCNc1c(C#N)c(C#N)nn1-c1c(Cl)cc(C(F)(F)F)cc1Cl. The van der Waals surface area contributed by atoms with Crippen LogP contribution in [0.25, 0.3) is 5.69 Å². The second-order valence-electron chi connectivity index (χ2n) is 7.31. The standard InChI is InChI=1S/C17H14Cl2F3N5.C4H8/c1-2-3-4-5-25-16-11(8-23)14(9-24)26-27(16)15-12(18)6-10(7-13(15)19)17(20,21)22;1-4-2-3-4/h6-7,25H,2-5H2,1H3;4H,2-3H2,1H3. The summed E-state index contributed by atoms with van der Waals surface area (Å²) in [5.74, 6) is 1.24. The van der Waals surface area contributed by atoms with Gasteiger partial charge in [0.2, 0.25) is 0 Å². The molecule has 1 fully saturated rings. The summed E-state index contributed by atoms with van der Waals surface area (Å²) in [5, 5.41) is 25.0. The fourth-order valence-electron chi connectivity index (χ4n) is 2.61.